The van der Waals surface area contributed by atoms with E-state index in [9.17, 15) is 4.79 Å². The summed E-state index contributed by atoms with van der Waals surface area (Å²) >= 11 is 6.22. The summed E-state index contributed by atoms with van der Waals surface area (Å²) in [7, 11) is 0. The van der Waals surface area contributed by atoms with Crippen molar-refractivity contribution in [3.8, 4) is 5.75 Å². The second-order valence-corrected chi connectivity index (χ2v) is 5.52. The van der Waals surface area contributed by atoms with Crippen LogP contribution < -0.4 is 10.5 Å². The molecule has 1 atom stereocenters. The van der Waals surface area contributed by atoms with Crippen LogP contribution in [0.1, 0.15) is 18.9 Å². The maximum absolute atomic E-state index is 11.2. The molecule has 2 rings (SSSR count). The summed E-state index contributed by atoms with van der Waals surface area (Å²) in [6.45, 7) is 5.22. The van der Waals surface area contributed by atoms with Gasteiger partial charge in [0.1, 0.15) is 11.9 Å². The number of benzene rings is 1. The number of nitrogens with zero attached hydrogens (tertiary/aromatic N) is 1. The molecule has 1 aliphatic rings. The minimum atomic E-state index is -0.526. The topological polar surface area (TPSA) is 64.8 Å². The Morgan fingerprint density at radius 1 is 1.57 bits per heavy atom. The monoisotopic (exact) mass is 312 g/mol. The molecule has 1 amide bonds. The number of carbonyl (C=O) groups is 1. The third kappa shape index (κ3) is 4.59. The fourth-order valence-corrected chi connectivity index (χ4v) is 2.51. The summed E-state index contributed by atoms with van der Waals surface area (Å²) in [4.78, 5) is 13.3. The fourth-order valence-electron chi connectivity index (χ4n) is 2.25. The highest BCUT2D eigenvalue weighted by molar-refractivity contribution is 6.32. The van der Waals surface area contributed by atoms with E-state index < -0.39 is 12.0 Å². The Morgan fingerprint density at radius 3 is 3.05 bits per heavy atom. The van der Waals surface area contributed by atoms with Crippen LogP contribution in [0.25, 0.3) is 0 Å². The van der Waals surface area contributed by atoms with Gasteiger partial charge in [-0.25, -0.2) is 0 Å². The van der Waals surface area contributed by atoms with Crippen molar-refractivity contribution in [3.63, 3.8) is 0 Å². The number of hydrogen-bond donors (Lipinski definition) is 1. The molecule has 2 N–H and O–H groups in total. The molecule has 1 fully saturated rings. The first-order valence-electron chi connectivity index (χ1n) is 7.14. The van der Waals surface area contributed by atoms with E-state index in [1.165, 1.54) is 0 Å². The number of morpholine rings is 1. The molecule has 0 aromatic heterocycles. The van der Waals surface area contributed by atoms with Crippen molar-refractivity contribution in [3.05, 3.63) is 28.8 Å². The van der Waals surface area contributed by atoms with Gasteiger partial charge in [-0.15, -0.1) is 0 Å². The van der Waals surface area contributed by atoms with E-state index in [1.54, 1.807) is 0 Å². The third-order valence-electron chi connectivity index (χ3n) is 3.33. The Balaban J connectivity index is 1.96. The van der Waals surface area contributed by atoms with Gasteiger partial charge in [0.05, 0.1) is 18.2 Å². The zero-order chi connectivity index (χ0) is 15.2. The fraction of sp³-hybridized carbons (Fsp3) is 0.533. The summed E-state index contributed by atoms with van der Waals surface area (Å²) < 4.78 is 10.9. The van der Waals surface area contributed by atoms with Crippen molar-refractivity contribution in [1.82, 2.24) is 4.90 Å². The van der Waals surface area contributed by atoms with E-state index in [4.69, 9.17) is 26.8 Å². The average molecular weight is 313 g/mol. The van der Waals surface area contributed by atoms with Crippen LogP contribution in [-0.4, -0.2) is 43.2 Å². The molecule has 1 aromatic rings. The van der Waals surface area contributed by atoms with Gasteiger partial charge in [0, 0.05) is 19.6 Å². The van der Waals surface area contributed by atoms with E-state index in [2.05, 4.69) is 11.8 Å². The zero-order valence-corrected chi connectivity index (χ0v) is 12.9. The molecule has 21 heavy (non-hydrogen) atoms. The lowest BCUT2D eigenvalue weighted by Crippen LogP contribution is -2.47. The molecule has 0 radical (unpaired) electrons. The Hall–Kier alpha value is -1.30. The summed E-state index contributed by atoms with van der Waals surface area (Å²) in [5, 5.41) is 0.612. The van der Waals surface area contributed by atoms with Gasteiger partial charge < -0.3 is 15.2 Å². The number of halogens is 1. The normalized spacial score (nSPS) is 19.4. The minimum Gasteiger partial charge on any atom is -0.492 e. The van der Waals surface area contributed by atoms with Gasteiger partial charge in [-0.2, -0.15) is 0 Å². The zero-order valence-electron chi connectivity index (χ0n) is 12.2. The van der Waals surface area contributed by atoms with Crippen LogP contribution >= 0.6 is 11.6 Å². The van der Waals surface area contributed by atoms with Crippen LogP contribution in [0, 0.1) is 0 Å². The third-order valence-corrected chi connectivity index (χ3v) is 3.63. The summed E-state index contributed by atoms with van der Waals surface area (Å²) in [6, 6.07) is 5.78. The van der Waals surface area contributed by atoms with Crippen molar-refractivity contribution in [2.45, 2.75) is 26.0 Å². The second-order valence-electron chi connectivity index (χ2n) is 5.11. The lowest BCUT2D eigenvalue weighted by atomic mass is 10.1. The van der Waals surface area contributed by atoms with Gasteiger partial charge in [-0.05, 0) is 24.1 Å². The number of primary amides is 1. The quantitative estimate of drug-likeness (QED) is 0.870. The first-order valence-corrected chi connectivity index (χ1v) is 7.52. The predicted octanol–water partition coefficient (Wildman–Crippen LogP) is 1.81. The number of nitrogens with two attached hydrogens (primary N) is 1. The van der Waals surface area contributed by atoms with E-state index in [1.807, 2.05) is 18.2 Å². The maximum atomic E-state index is 11.2. The number of carbonyl (C=O) groups excluding carboxylic acids is 1. The van der Waals surface area contributed by atoms with Gasteiger partial charge in [-0.1, -0.05) is 24.6 Å². The summed E-state index contributed by atoms with van der Waals surface area (Å²) in [5.41, 5.74) is 6.36. The second kappa shape index (κ2) is 7.64. The van der Waals surface area contributed by atoms with Crippen molar-refractivity contribution >= 4 is 17.5 Å². The van der Waals surface area contributed by atoms with Crippen LogP contribution in [0.5, 0.6) is 5.75 Å². The standard InChI is InChI=1S/C15H21ClN2O3/c1-2-6-20-13-4-3-11(8-12(13)16)9-18-5-7-21-14(10-18)15(17)19/h3-4,8,14H,2,5-7,9-10H2,1H3,(H2,17,19). The lowest BCUT2D eigenvalue weighted by molar-refractivity contribution is -0.135. The highest BCUT2D eigenvalue weighted by atomic mass is 35.5. The molecule has 0 bridgehead atoms. The van der Waals surface area contributed by atoms with Gasteiger partial charge in [0.15, 0.2) is 0 Å². The van der Waals surface area contributed by atoms with Gasteiger partial charge in [-0.3, -0.25) is 9.69 Å². The van der Waals surface area contributed by atoms with E-state index >= 15 is 0 Å². The van der Waals surface area contributed by atoms with Crippen molar-refractivity contribution in [1.29, 1.82) is 0 Å². The number of ether oxygens (including phenoxy) is 2. The van der Waals surface area contributed by atoms with Crippen LogP contribution in [0.4, 0.5) is 0 Å². The van der Waals surface area contributed by atoms with E-state index in [0.29, 0.717) is 37.1 Å². The molecule has 1 unspecified atom stereocenters. The number of rotatable bonds is 6. The molecular weight excluding hydrogens is 292 g/mol. The number of hydrogen-bond acceptors (Lipinski definition) is 4. The molecule has 1 heterocycles. The highest BCUT2D eigenvalue weighted by Crippen LogP contribution is 2.26. The molecule has 1 saturated heterocycles. The average Bonchev–Trinajstić information content (AvgIpc) is 2.47. The molecule has 1 aliphatic heterocycles. The Kier molecular flexibility index (Phi) is 5.85. The summed E-state index contributed by atoms with van der Waals surface area (Å²) in [5.74, 6) is 0.292. The van der Waals surface area contributed by atoms with E-state index in [0.717, 1.165) is 18.5 Å². The molecular formula is C15H21ClN2O3. The molecule has 116 valence electrons. The van der Waals surface area contributed by atoms with Crippen LogP contribution in [0.2, 0.25) is 5.02 Å². The molecule has 0 spiro atoms. The maximum Gasteiger partial charge on any atom is 0.247 e. The van der Waals surface area contributed by atoms with Gasteiger partial charge in [0.25, 0.3) is 0 Å². The molecule has 6 heteroatoms. The van der Waals surface area contributed by atoms with Gasteiger partial charge in [0.2, 0.25) is 5.91 Å². The lowest BCUT2D eigenvalue weighted by Gasteiger charge is -2.31. The molecule has 5 nitrogen and oxygen atoms in total. The minimum absolute atomic E-state index is 0.416. The Morgan fingerprint density at radius 2 is 2.38 bits per heavy atom. The summed E-state index contributed by atoms with van der Waals surface area (Å²) in [6.07, 6.45) is 0.418. The van der Waals surface area contributed by atoms with Crippen LogP contribution in [0.3, 0.4) is 0 Å². The van der Waals surface area contributed by atoms with Crippen LogP contribution in [0.15, 0.2) is 18.2 Å². The van der Waals surface area contributed by atoms with Crippen molar-refractivity contribution in [2.75, 3.05) is 26.3 Å². The Labute approximate surface area is 130 Å². The smallest absolute Gasteiger partial charge is 0.247 e. The predicted molar refractivity (Wildman–Crippen MR) is 81.4 cm³/mol. The first-order chi connectivity index (χ1) is 10.1. The van der Waals surface area contributed by atoms with E-state index in [-0.39, 0.29) is 0 Å². The highest BCUT2D eigenvalue weighted by Gasteiger charge is 2.24. The molecule has 0 aliphatic carbocycles. The molecule has 1 aromatic carbocycles. The Bertz CT molecular complexity index is 496. The van der Waals surface area contributed by atoms with Crippen LogP contribution in [-0.2, 0) is 16.1 Å². The largest absolute Gasteiger partial charge is 0.492 e. The molecule has 0 saturated carbocycles. The van der Waals surface area contributed by atoms with Gasteiger partial charge >= 0.3 is 0 Å². The number of amides is 1. The first kappa shape index (κ1) is 16.1. The van der Waals surface area contributed by atoms with Crippen molar-refractivity contribution < 1.29 is 14.3 Å². The van der Waals surface area contributed by atoms with Crippen molar-refractivity contribution in [2.24, 2.45) is 5.73 Å². The SMILES string of the molecule is CCCOc1ccc(CN2CCOC(C(N)=O)C2)cc1Cl.